The molecule has 1 aliphatic rings. The van der Waals surface area contributed by atoms with Crippen LogP contribution in [-0.4, -0.2) is 32.7 Å². The van der Waals surface area contributed by atoms with Crippen LogP contribution in [0.4, 0.5) is 5.69 Å². The van der Waals surface area contributed by atoms with Gasteiger partial charge < -0.3 is 19.5 Å². The molecule has 0 atom stereocenters. The van der Waals surface area contributed by atoms with Gasteiger partial charge in [-0.05, 0) is 61.5 Å². The second kappa shape index (κ2) is 7.79. The molecule has 2 aromatic heterocycles. The Hall–Kier alpha value is -4.40. The van der Waals surface area contributed by atoms with Crippen molar-refractivity contribution in [2.75, 3.05) is 12.1 Å². The molecular formula is C22H17N5O4. The van der Waals surface area contributed by atoms with E-state index in [2.05, 4.69) is 20.6 Å². The van der Waals surface area contributed by atoms with E-state index in [4.69, 9.17) is 14.2 Å². The highest BCUT2D eigenvalue weighted by Gasteiger charge is 2.16. The lowest BCUT2D eigenvalue weighted by molar-refractivity contribution is 0.102. The number of amides is 1. The zero-order valence-corrected chi connectivity index (χ0v) is 16.5. The van der Waals surface area contributed by atoms with E-state index in [1.807, 2.05) is 19.2 Å². The number of hydrogen-bond acceptors (Lipinski definition) is 7. The highest BCUT2D eigenvalue weighted by molar-refractivity contribution is 6.04. The number of ether oxygens (including phenoxy) is 3. The first kappa shape index (κ1) is 18.6. The average molecular weight is 415 g/mol. The van der Waals surface area contributed by atoms with Crippen molar-refractivity contribution in [1.29, 1.82) is 0 Å². The Bertz CT molecular complexity index is 1240. The van der Waals surface area contributed by atoms with Gasteiger partial charge in [-0.15, -0.1) is 10.2 Å². The smallest absolute Gasteiger partial charge is 0.255 e. The molecule has 4 aromatic rings. The summed E-state index contributed by atoms with van der Waals surface area (Å²) >= 11 is 0. The molecule has 5 rings (SSSR count). The van der Waals surface area contributed by atoms with Crippen molar-refractivity contribution in [2.24, 2.45) is 0 Å². The second-order valence-corrected chi connectivity index (χ2v) is 6.78. The van der Waals surface area contributed by atoms with Crippen molar-refractivity contribution in [1.82, 2.24) is 20.0 Å². The Morgan fingerprint density at radius 2 is 1.84 bits per heavy atom. The zero-order valence-electron chi connectivity index (χ0n) is 16.5. The predicted molar refractivity (Wildman–Crippen MR) is 111 cm³/mol. The molecule has 0 spiro atoms. The SMILES string of the molecule is Cc1ccn(-c2ccc(Oc3ccc(NC(=O)c4ccc5c(c4)OCO5)cc3)nn2)n1. The number of aryl methyl sites for hydroxylation is 1. The molecule has 0 unspecified atom stereocenters. The van der Waals surface area contributed by atoms with Crippen LogP contribution in [-0.2, 0) is 0 Å². The minimum Gasteiger partial charge on any atom is -0.454 e. The number of carbonyl (C=O) groups is 1. The van der Waals surface area contributed by atoms with Gasteiger partial charge in [0.15, 0.2) is 17.3 Å². The van der Waals surface area contributed by atoms with E-state index < -0.39 is 0 Å². The summed E-state index contributed by atoms with van der Waals surface area (Å²) in [5.74, 6) is 2.47. The number of rotatable bonds is 5. The fourth-order valence-electron chi connectivity index (χ4n) is 3.00. The largest absolute Gasteiger partial charge is 0.454 e. The van der Waals surface area contributed by atoms with E-state index >= 15 is 0 Å². The summed E-state index contributed by atoms with van der Waals surface area (Å²) in [6.07, 6.45) is 1.82. The van der Waals surface area contributed by atoms with Gasteiger partial charge in [-0.3, -0.25) is 4.79 Å². The maximum atomic E-state index is 12.5. The molecule has 2 aromatic carbocycles. The van der Waals surface area contributed by atoms with Crippen LogP contribution in [0.2, 0.25) is 0 Å². The first-order valence-electron chi connectivity index (χ1n) is 9.49. The van der Waals surface area contributed by atoms with Crippen LogP contribution in [0.25, 0.3) is 5.82 Å². The number of nitrogens with zero attached hydrogens (tertiary/aromatic N) is 4. The molecule has 0 fully saturated rings. The highest BCUT2D eigenvalue weighted by Crippen LogP contribution is 2.32. The lowest BCUT2D eigenvalue weighted by Gasteiger charge is -2.08. The van der Waals surface area contributed by atoms with Crippen LogP contribution in [0.3, 0.4) is 0 Å². The van der Waals surface area contributed by atoms with E-state index in [1.54, 1.807) is 59.3 Å². The quantitative estimate of drug-likeness (QED) is 0.530. The minimum atomic E-state index is -0.248. The van der Waals surface area contributed by atoms with Crippen molar-refractivity contribution < 1.29 is 19.0 Å². The van der Waals surface area contributed by atoms with Gasteiger partial charge in [-0.2, -0.15) is 5.10 Å². The first-order valence-corrected chi connectivity index (χ1v) is 9.49. The fourth-order valence-corrected chi connectivity index (χ4v) is 3.00. The molecule has 31 heavy (non-hydrogen) atoms. The molecule has 0 radical (unpaired) electrons. The maximum absolute atomic E-state index is 12.5. The maximum Gasteiger partial charge on any atom is 0.255 e. The second-order valence-electron chi connectivity index (χ2n) is 6.78. The van der Waals surface area contributed by atoms with Crippen LogP contribution in [0, 0.1) is 6.92 Å². The summed E-state index contributed by atoms with van der Waals surface area (Å²) in [6, 6.07) is 17.4. The van der Waals surface area contributed by atoms with Crippen LogP contribution in [0.5, 0.6) is 23.1 Å². The molecule has 0 bridgehead atoms. The summed E-state index contributed by atoms with van der Waals surface area (Å²) in [6.45, 7) is 2.07. The van der Waals surface area contributed by atoms with Gasteiger partial charge in [-0.25, -0.2) is 4.68 Å². The van der Waals surface area contributed by atoms with Crippen molar-refractivity contribution in [3.8, 4) is 28.9 Å². The van der Waals surface area contributed by atoms with Gasteiger partial charge in [0.25, 0.3) is 5.91 Å². The van der Waals surface area contributed by atoms with E-state index in [-0.39, 0.29) is 12.7 Å². The molecule has 3 heterocycles. The van der Waals surface area contributed by atoms with Crippen LogP contribution in [0.1, 0.15) is 16.1 Å². The van der Waals surface area contributed by atoms with Crippen LogP contribution < -0.4 is 19.5 Å². The van der Waals surface area contributed by atoms with E-state index in [0.717, 1.165) is 5.69 Å². The number of benzene rings is 2. The average Bonchev–Trinajstić information content (AvgIpc) is 3.44. The third kappa shape index (κ3) is 4.01. The molecule has 154 valence electrons. The molecular weight excluding hydrogens is 398 g/mol. The van der Waals surface area contributed by atoms with Gasteiger partial charge in [0.2, 0.25) is 12.7 Å². The number of anilines is 1. The topological polar surface area (TPSA) is 100 Å². The van der Waals surface area contributed by atoms with Crippen molar-refractivity contribution >= 4 is 11.6 Å². The zero-order chi connectivity index (χ0) is 21.2. The highest BCUT2D eigenvalue weighted by atomic mass is 16.7. The normalized spacial score (nSPS) is 11.9. The lowest BCUT2D eigenvalue weighted by atomic mass is 10.2. The number of fused-ring (bicyclic) bond motifs is 1. The molecule has 1 aliphatic heterocycles. The monoisotopic (exact) mass is 415 g/mol. The first-order chi connectivity index (χ1) is 15.1. The molecule has 9 nitrogen and oxygen atoms in total. The number of hydrogen-bond donors (Lipinski definition) is 1. The van der Waals surface area contributed by atoms with Gasteiger partial charge in [-0.1, -0.05) is 0 Å². The van der Waals surface area contributed by atoms with E-state index in [1.165, 1.54) is 0 Å². The van der Waals surface area contributed by atoms with Crippen molar-refractivity contribution in [3.05, 3.63) is 78.1 Å². The summed E-state index contributed by atoms with van der Waals surface area (Å²) in [5.41, 5.74) is 2.01. The summed E-state index contributed by atoms with van der Waals surface area (Å²) < 4.78 is 17.9. The van der Waals surface area contributed by atoms with Crippen molar-refractivity contribution in [3.63, 3.8) is 0 Å². The Balaban J connectivity index is 1.22. The van der Waals surface area contributed by atoms with Gasteiger partial charge in [0.1, 0.15) is 5.75 Å². The summed E-state index contributed by atoms with van der Waals surface area (Å²) in [4.78, 5) is 12.5. The number of aromatic nitrogens is 4. The number of nitrogens with one attached hydrogen (secondary N) is 1. The lowest BCUT2D eigenvalue weighted by Crippen LogP contribution is -2.11. The molecule has 1 N–H and O–H groups in total. The Kier molecular flexibility index (Phi) is 4.68. The summed E-state index contributed by atoms with van der Waals surface area (Å²) in [7, 11) is 0. The van der Waals surface area contributed by atoms with Gasteiger partial charge >= 0.3 is 0 Å². The minimum absolute atomic E-state index is 0.165. The Labute approximate surface area is 177 Å². The third-order valence-corrected chi connectivity index (χ3v) is 4.55. The Morgan fingerprint density at radius 3 is 2.58 bits per heavy atom. The van der Waals surface area contributed by atoms with Crippen LogP contribution in [0.15, 0.2) is 66.9 Å². The van der Waals surface area contributed by atoms with Gasteiger partial charge in [0.05, 0.1) is 5.69 Å². The third-order valence-electron chi connectivity index (χ3n) is 4.55. The van der Waals surface area contributed by atoms with E-state index in [9.17, 15) is 4.79 Å². The Morgan fingerprint density at radius 1 is 1.00 bits per heavy atom. The van der Waals surface area contributed by atoms with Gasteiger partial charge in [0, 0.05) is 23.5 Å². The molecule has 1 amide bonds. The van der Waals surface area contributed by atoms with E-state index in [0.29, 0.717) is 40.2 Å². The van der Waals surface area contributed by atoms with Crippen molar-refractivity contribution in [2.45, 2.75) is 6.92 Å². The predicted octanol–water partition coefficient (Wildman–Crippen LogP) is 3.74. The standard InChI is InChI=1S/C22H17N5O4/c1-14-10-11-27(26-14)20-8-9-21(25-24-20)31-17-5-3-16(4-6-17)23-22(28)15-2-7-18-19(12-15)30-13-29-18/h2-12H,13H2,1H3,(H,23,28). The summed E-state index contributed by atoms with van der Waals surface area (Å²) in [5, 5.41) is 15.3. The number of carbonyl (C=O) groups excluding carboxylic acids is 1. The molecule has 0 saturated heterocycles. The fraction of sp³-hybridized carbons (Fsp3) is 0.0909. The van der Waals surface area contributed by atoms with Crippen LogP contribution >= 0.6 is 0 Å². The molecule has 0 saturated carbocycles. The molecule has 0 aliphatic carbocycles. The molecule has 9 heteroatoms.